The van der Waals surface area contributed by atoms with Crippen molar-refractivity contribution < 1.29 is 19.4 Å². The molecular formula is C21H23NO4. The molecule has 3 unspecified atom stereocenters. The van der Waals surface area contributed by atoms with Crippen LogP contribution in [-0.4, -0.2) is 42.1 Å². The number of hydrogen-bond acceptors (Lipinski definition) is 3. The highest BCUT2D eigenvalue weighted by atomic mass is 16.5. The minimum atomic E-state index is -1.14. The first-order valence-electron chi connectivity index (χ1n) is 8.65. The van der Waals surface area contributed by atoms with Crippen LogP contribution in [0.2, 0.25) is 0 Å². The normalized spacial score (nSPS) is 22.0. The fourth-order valence-electron chi connectivity index (χ4n) is 3.64. The van der Waals surface area contributed by atoms with Gasteiger partial charge in [0.2, 0.25) is 0 Å². The number of carbonyl (C=O) groups excluding carboxylic acids is 1. The zero-order chi connectivity index (χ0) is 18.7. The lowest BCUT2D eigenvalue weighted by molar-refractivity contribution is -0.153. The van der Waals surface area contributed by atoms with E-state index in [0.29, 0.717) is 6.54 Å². The summed E-state index contributed by atoms with van der Waals surface area (Å²) in [4.78, 5) is 26.6. The van der Waals surface area contributed by atoms with Crippen LogP contribution in [-0.2, 0) is 19.9 Å². The van der Waals surface area contributed by atoms with Crippen molar-refractivity contribution in [2.24, 2.45) is 5.92 Å². The summed E-state index contributed by atoms with van der Waals surface area (Å²) in [5, 5.41) is 9.65. The van der Waals surface area contributed by atoms with E-state index in [9.17, 15) is 14.7 Å². The summed E-state index contributed by atoms with van der Waals surface area (Å²) in [6.45, 7) is 2.28. The molecule has 5 heteroatoms. The molecule has 0 aliphatic carbocycles. The van der Waals surface area contributed by atoms with Gasteiger partial charge in [0.1, 0.15) is 0 Å². The molecule has 0 radical (unpaired) electrons. The molecule has 0 aromatic heterocycles. The Morgan fingerprint density at radius 2 is 1.62 bits per heavy atom. The number of benzene rings is 2. The van der Waals surface area contributed by atoms with Crippen LogP contribution in [0.15, 0.2) is 60.7 Å². The van der Waals surface area contributed by atoms with Crippen LogP contribution in [0.1, 0.15) is 24.0 Å². The topological polar surface area (TPSA) is 66.8 Å². The molecule has 1 N–H and O–H groups in total. The van der Waals surface area contributed by atoms with Gasteiger partial charge in [-0.15, -0.1) is 0 Å². The van der Waals surface area contributed by atoms with E-state index < -0.39 is 17.5 Å². The van der Waals surface area contributed by atoms with E-state index in [0.717, 1.165) is 11.1 Å². The Morgan fingerprint density at radius 3 is 2.15 bits per heavy atom. The van der Waals surface area contributed by atoms with Gasteiger partial charge >= 0.3 is 5.97 Å². The molecule has 1 aliphatic rings. The number of carboxylic acid groups (broad SMARTS) is 1. The summed E-state index contributed by atoms with van der Waals surface area (Å²) in [5.41, 5.74) is 0.548. The number of carboxylic acids is 1. The van der Waals surface area contributed by atoms with Gasteiger partial charge in [0.15, 0.2) is 5.60 Å². The molecule has 3 rings (SSSR count). The maximum absolute atomic E-state index is 13.3. The summed E-state index contributed by atoms with van der Waals surface area (Å²) < 4.78 is 5.60. The first-order chi connectivity index (χ1) is 12.5. The molecule has 0 bridgehead atoms. The van der Waals surface area contributed by atoms with Crippen molar-refractivity contribution >= 4 is 11.9 Å². The number of amides is 1. The standard InChI is InChI=1S/C21H23NO4/c1-21(26-2,16-11-7-4-8-12-16)20(25)22-13-17(18(14-22)19(23)24)15-9-5-3-6-10-15/h3-12,17-18H,13-14H2,1-2H3,(H,23,24). The third-order valence-electron chi connectivity index (χ3n) is 5.29. The summed E-state index contributed by atoms with van der Waals surface area (Å²) in [6, 6.07) is 18.8. The van der Waals surface area contributed by atoms with Crippen LogP contribution in [0.3, 0.4) is 0 Å². The summed E-state index contributed by atoms with van der Waals surface area (Å²) in [7, 11) is 1.50. The highest BCUT2D eigenvalue weighted by Gasteiger charge is 2.46. The third kappa shape index (κ3) is 3.22. The average molecular weight is 353 g/mol. The van der Waals surface area contributed by atoms with Gasteiger partial charge in [-0.25, -0.2) is 0 Å². The summed E-state index contributed by atoms with van der Waals surface area (Å²) >= 11 is 0. The Hall–Kier alpha value is -2.66. The van der Waals surface area contributed by atoms with Gasteiger partial charge in [-0.2, -0.15) is 0 Å². The Labute approximate surface area is 153 Å². The monoisotopic (exact) mass is 353 g/mol. The second-order valence-corrected chi connectivity index (χ2v) is 6.78. The second-order valence-electron chi connectivity index (χ2n) is 6.78. The zero-order valence-electron chi connectivity index (χ0n) is 15.0. The smallest absolute Gasteiger partial charge is 0.308 e. The van der Waals surface area contributed by atoms with Crippen LogP contribution in [0.25, 0.3) is 0 Å². The summed E-state index contributed by atoms with van der Waals surface area (Å²) in [6.07, 6.45) is 0. The second kappa shape index (κ2) is 7.30. The molecule has 0 saturated carbocycles. The van der Waals surface area contributed by atoms with E-state index in [1.807, 2.05) is 60.7 Å². The molecule has 5 nitrogen and oxygen atoms in total. The Bertz CT molecular complexity index is 777. The number of rotatable bonds is 5. The van der Waals surface area contributed by atoms with Gasteiger partial charge in [0, 0.05) is 26.1 Å². The van der Waals surface area contributed by atoms with Gasteiger partial charge in [0.25, 0.3) is 5.91 Å². The van der Waals surface area contributed by atoms with Crippen molar-refractivity contribution in [2.75, 3.05) is 20.2 Å². The minimum Gasteiger partial charge on any atom is -0.481 e. The maximum atomic E-state index is 13.3. The molecule has 26 heavy (non-hydrogen) atoms. The quantitative estimate of drug-likeness (QED) is 0.898. The van der Waals surface area contributed by atoms with Gasteiger partial charge in [-0.1, -0.05) is 60.7 Å². The number of hydrogen-bond donors (Lipinski definition) is 1. The molecule has 2 aromatic carbocycles. The van der Waals surface area contributed by atoms with Crippen LogP contribution in [0.5, 0.6) is 0 Å². The van der Waals surface area contributed by atoms with E-state index in [4.69, 9.17) is 4.74 Å². The molecule has 1 amide bonds. The molecule has 3 atom stereocenters. The molecule has 1 fully saturated rings. The number of likely N-dealkylation sites (tertiary alicyclic amines) is 1. The molecule has 1 heterocycles. The number of ether oxygens (including phenoxy) is 1. The lowest BCUT2D eigenvalue weighted by atomic mass is 9.89. The van der Waals surface area contributed by atoms with Crippen molar-refractivity contribution in [2.45, 2.75) is 18.4 Å². The Balaban J connectivity index is 1.89. The fraction of sp³-hybridized carbons (Fsp3) is 0.333. The molecule has 2 aromatic rings. The lowest BCUT2D eigenvalue weighted by Gasteiger charge is -2.32. The largest absolute Gasteiger partial charge is 0.481 e. The van der Waals surface area contributed by atoms with Crippen molar-refractivity contribution in [3.63, 3.8) is 0 Å². The van der Waals surface area contributed by atoms with E-state index in [1.54, 1.807) is 11.8 Å². The fourth-order valence-corrected chi connectivity index (χ4v) is 3.64. The number of methoxy groups -OCH3 is 1. The third-order valence-corrected chi connectivity index (χ3v) is 5.29. The van der Waals surface area contributed by atoms with Crippen LogP contribution in [0, 0.1) is 5.92 Å². The van der Waals surface area contributed by atoms with Crippen LogP contribution < -0.4 is 0 Å². The molecular weight excluding hydrogens is 330 g/mol. The molecule has 1 saturated heterocycles. The highest BCUT2D eigenvalue weighted by Crippen LogP contribution is 2.36. The van der Waals surface area contributed by atoms with Crippen LogP contribution >= 0.6 is 0 Å². The summed E-state index contributed by atoms with van der Waals surface area (Å²) in [5.74, 6) is -1.95. The average Bonchev–Trinajstić information content (AvgIpc) is 3.14. The predicted molar refractivity (Wildman–Crippen MR) is 97.7 cm³/mol. The number of nitrogens with zero attached hydrogens (tertiary/aromatic N) is 1. The van der Waals surface area contributed by atoms with Gasteiger partial charge in [-0.05, 0) is 18.1 Å². The maximum Gasteiger partial charge on any atom is 0.308 e. The van der Waals surface area contributed by atoms with E-state index in [-0.39, 0.29) is 18.4 Å². The lowest BCUT2D eigenvalue weighted by Crippen LogP contribution is -2.45. The Kier molecular flexibility index (Phi) is 5.09. The molecule has 136 valence electrons. The zero-order valence-corrected chi connectivity index (χ0v) is 15.0. The minimum absolute atomic E-state index is 0.180. The number of aliphatic carboxylic acids is 1. The van der Waals surface area contributed by atoms with Crippen molar-refractivity contribution in [3.8, 4) is 0 Å². The van der Waals surface area contributed by atoms with Crippen molar-refractivity contribution in [3.05, 3.63) is 71.8 Å². The number of carbonyl (C=O) groups is 2. The van der Waals surface area contributed by atoms with Gasteiger partial charge in [-0.3, -0.25) is 9.59 Å². The molecule has 1 aliphatic heterocycles. The van der Waals surface area contributed by atoms with Gasteiger partial charge in [0.05, 0.1) is 5.92 Å². The van der Waals surface area contributed by atoms with E-state index >= 15 is 0 Å². The molecule has 0 spiro atoms. The Morgan fingerprint density at radius 1 is 1.04 bits per heavy atom. The van der Waals surface area contributed by atoms with Crippen LogP contribution in [0.4, 0.5) is 0 Å². The van der Waals surface area contributed by atoms with E-state index in [2.05, 4.69) is 0 Å². The first kappa shape index (κ1) is 18.1. The van der Waals surface area contributed by atoms with Gasteiger partial charge < -0.3 is 14.7 Å². The first-order valence-corrected chi connectivity index (χ1v) is 8.65. The highest BCUT2D eigenvalue weighted by molar-refractivity contribution is 5.87. The SMILES string of the molecule is COC(C)(C(=O)N1CC(C(=O)O)C(c2ccccc2)C1)c1ccccc1. The van der Waals surface area contributed by atoms with Crippen molar-refractivity contribution in [1.29, 1.82) is 0 Å². The predicted octanol–water partition coefficient (Wildman–Crippen LogP) is 2.88. The van der Waals surface area contributed by atoms with E-state index in [1.165, 1.54) is 7.11 Å². The van der Waals surface area contributed by atoms with Crippen molar-refractivity contribution in [1.82, 2.24) is 4.90 Å².